The first kappa shape index (κ1) is 11.4. The molecule has 1 aliphatic heterocycles. The quantitative estimate of drug-likeness (QED) is 0.833. The number of nitrogens with one attached hydrogen (secondary N) is 1. The minimum Gasteiger partial charge on any atom is -0.472 e. The normalized spacial score (nSPS) is 20.0. The first-order chi connectivity index (χ1) is 7.78. The number of ether oxygens (including phenoxy) is 2. The van der Waals surface area contributed by atoms with Gasteiger partial charge in [0.2, 0.25) is 5.88 Å². The Morgan fingerprint density at radius 1 is 1.56 bits per heavy atom. The molecule has 4 nitrogen and oxygen atoms in total. The minimum absolute atomic E-state index is 0.164. The SMILES string of the molecule is CNCc1cc(C)nc(OC2CCOC2)c1. The maximum atomic E-state index is 5.78. The van der Waals surface area contributed by atoms with Crippen molar-refractivity contribution in [2.24, 2.45) is 0 Å². The van der Waals surface area contributed by atoms with Crippen molar-refractivity contribution in [3.8, 4) is 5.88 Å². The molecule has 1 aromatic rings. The predicted octanol–water partition coefficient (Wildman–Crippen LogP) is 1.28. The zero-order valence-corrected chi connectivity index (χ0v) is 9.82. The molecule has 1 saturated heterocycles. The number of hydrogen-bond acceptors (Lipinski definition) is 4. The van der Waals surface area contributed by atoms with Gasteiger partial charge >= 0.3 is 0 Å². The van der Waals surface area contributed by atoms with Gasteiger partial charge in [-0.05, 0) is 25.6 Å². The summed E-state index contributed by atoms with van der Waals surface area (Å²) in [5.74, 6) is 0.709. The highest BCUT2D eigenvalue weighted by Crippen LogP contribution is 2.17. The number of rotatable bonds is 4. The lowest BCUT2D eigenvalue weighted by Gasteiger charge is -2.12. The highest BCUT2D eigenvalue weighted by atomic mass is 16.5. The van der Waals surface area contributed by atoms with Crippen LogP contribution in [0.1, 0.15) is 17.7 Å². The largest absolute Gasteiger partial charge is 0.472 e. The summed E-state index contributed by atoms with van der Waals surface area (Å²) in [6.07, 6.45) is 1.12. The molecule has 0 amide bonds. The smallest absolute Gasteiger partial charge is 0.214 e. The minimum atomic E-state index is 0.164. The molecule has 4 heteroatoms. The summed E-state index contributed by atoms with van der Waals surface area (Å²) in [6.45, 7) is 4.29. The standard InChI is InChI=1S/C12H18N2O2/c1-9-5-10(7-13-2)6-12(14-9)16-11-3-4-15-8-11/h5-6,11,13H,3-4,7-8H2,1-2H3. The molecule has 0 saturated carbocycles. The van der Waals surface area contributed by atoms with Gasteiger partial charge in [-0.25, -0.2) is 4.98 Å². The maximum absolute atomic E-state index is 5.78. The second kappa shape index (κ2) is 5.27. The summed E-state index contributed by atoms with van der Waals surface area (Å²) in [7, 11) is 1.93. The Labute approximate surface area is 96.0 Å². The summed E-state index contributed by atoms with van der Waals surface area (Å²) in [5, 5.41) is 3.12. The van der Waals surface area contributed by atoms with Crippen LogP contribution in [-0.4, -0.2) is 31.3 Å². The molecule has 0 aromatic carbocycles. The van der Waals surface area contributed by atoms with Gasteiger partial charge in [-0.2, -0.15) is 0 Å². The van der Waals surface area contributed by atoms with E-state index in [0.29, 0.717) is 12.5 Å². The van der Waals surface area contributed by atoms with Crippen LogP contribution in [0.2, 0.25) is 0 Å². The van der Waals surface area contributed by atoms with E-state index in [0.717, 1.165) is 25.3 Å². The van der Waals surface area contributed by atoms with Gasteiger partial charge in [-0.3, -0.25) is 0 Å². The van der Waals surface area contributed by atoms with Crippen molar-refractivity contribution in [3.05, 3.63) is 23.4 Å². The van der Waals surface area contributed by atoms with E-state index in [4.69, 9.17) is 9.47 Å². The van der Waals surface area contributed by atoms with Gasteiger partial charge in [0.1, 0.15) is 6.10 Å². The van der Waals surface area contributed by atoms with Crippen molar-refractivity contribution >= 4 is 0 Å². The molecule has 16 heavy (non-hydrogen) atoms. The Bertz CT molecular complexity index is 349. The van der Waals surface area contributed by atoms with Crippen molar-refractivity contribution in [2.75, 3.05) is 20.3 Å². The van der Waals surface area contributed by atoms with Crippen LogP contribution in [0.3, 0.4) is 0 Å². The van der Waals surface area contributed by atoms with Crippen LogP contribution in [0.15, 0.2) is 12.1 Å². The number of pyridine rings is 1. The molecule has 0 spiro atoms. The van der Waals surface area contributed by atoms with E-state index in [1.54, 1.807) is 0 Å². The lowest BCUT2D eigenvalue weighted by Crippen LogP contribution is -2.17. The number of aromatic nitrogens is 1. The lowest BCUT2D eigenvalue weighted by molar-refractivity contribution is 0.138. The fourth-order valence-corrected chi connectivity index (χ4v) is 1.85. The van der Waals surface area contributed by atoms with Gasteiger partial charge in [-0.1, -0.05) is 0 Å². The third-order valence-corrected chi connectivity index (χ3v) is 2.55. The molecule has 1 aliphatic rings. The number of aryl methyl sites for hydroxylation is 1. The second-order valence-corrected chi connectivity index (χ2v) is 4.09. The van der Waals surface area contributed by atoms with Crippen LogP contribution in [0.5, 0.6) is 5.88 Å². The van der Waals surface area contributed by atoms with E-state index in [9.17, 15) is 0 Å². The van der Waals surface area contributed by atoms with Crippen LogP contribution in [-0.2, 0) is 11.3 Å². The van der Waals surface area contributed by atoms with Gasteiger partial charge in [-0.15, -0.1) is 0 Å². The first-order valence-corrected chi connectivity index (χ1v) is 5.64. The average molecular weight is 222 g/mol. The Balaban J connectivity index is 2.06. The molecule has 0 radical (unpaired) electrons. The zero-order valence-electron chi connectivity index (χ0n) is 9.82. The Morgan fingerprint density at radius 3 is 3.12 bits per heavy atom. The monoisotopic (exact) mass is 222 g/mol. The Kier molecular flexibility index (Phi) is 3.74. The van der Waals surface area contributed by atoms with Crippen molar-refractivity contribution in [2.45, 2.75) is 26.0 Å². The highest BCUT2D eigenvalue weighted by molar-refractivity contribution is 5.24. The van der Waals surface area contributed by atoms with Crippen molar-refractivity contribution in [1.82, 2.24) is 10.3 Å². The van der Waals surface area contributed by atoms with E-state index in [2.05, 4.69) is 16.4 Å². The molecule has 1 atom stereocenters. The predicted molar refractivity (Wildman–Crippen MR) is 61.6 cm³/mol. The summed E-state index contributed by atoms with van der Waals surface area (Å²) in [5.41, 5.74) is 2.19. The lowest BCUT2D eigenvalue weighted by atomic mass is 10.2. The molecule has 1 unspecified atom stereocenters. The molecule has 0 aliphatic carbocycles. The van der Waals surface area contributed by atoms with Gasteiger partial charge in [0.25, 0.3) is 0 Å². The molecule has 1 N–H and O–H groups in total. The molecule has 2 rings (SSSR count). The van der Waals surface area contributed by atoms with Gasteiger partial charge < -0.3 is 14.8 Å². The van der Waals surface area contributed by atoms with Crippen LogP contribution in [0, 0.1) is 6.92 Å². The molecular formula is C12H18N2O2. The fourth-order valence-electron chi connectivity index (χ4n) is 1.85. The molecule has 0 bridgehead atoms. The molecule has 2 heterocycles. The van der Waals surface area contributed by atoms with Crippen LogP contribution < -0.4 is 10.1 Å². The van der Waals surface area contributed by atoms with Gasteiger partial charge in [0.05, 0.1) is 13.2 Å². The zero-order chi connectivity index (χ0) is 11.4. The Hall–Kier alpha value is -1.13. The van der Waals surface area contributed by atoms with Crippen molar-refractivity contribution in [3.63, 3.8) is 0 Å². The van der Waals surface area contributed by atoms with Crippen LogP contribution in [0.4, 0.5) is 0 Å². The van der Waals surface area contributed by atoms with Crippen molar-refractivity contribution in [1.29, 1.82) is 0 Å². The third kappa shape index (κ3) is 2.93. The van der Waals surface area contributed by atoms with E-state index in [1.165, 1.54) is 5.56 Å². The highest BCUT2D eigenvalue weighted by Gasteiger charge is 2.17. The summed E-state index contributed by atoms with van der Waals surface area (Å²) in [4.78, 5) is 4.37. The average Bonchev–Trinajstić information content (AvgIpc) is 2.70. The summed E-state index contributed by atoms with van der Waals surface area (Å²) >= 11 is 0. The first-order valence-electron chi connectivity index (χ1n) is 5.64. The molecule has 88 valence electrons. The van der Waals surface area contributed by atoms with Crippen LogP contribution in [0.25, 0.3) is 0 Å². The number of nitrogens with zero attached hydrogens (tertiary/aromatic N) is 1. The molecule has 1 aromatic heterocycles. The van der Waals surface area contributed by atoms with Crippen molar-refractivity contribution < 1.29 is 9.47 Å². The van der Waals surface area contributed by atoms with Crippen LogP contribution >= 0.6 is 0 Å². The summed E-state index contributed by atoms with van der Waals surface area (Å²) < 4.78 is 11.1. The molecular weight excluding hydrogens is 204 g/mol. The third-order valence-electron chi connectivity index (χ3n) is 2.55. The topological polar surface area (TPSA) is 43.4 Å². The fraction of sp³-hybridized carbons (Fsp3) is 0.583. The van der Waals surface area contributed by atoms with E-state index < -0.39 is 0 Å². The van der Waals surface area contributed by atoms with E-state index in [-0.39, 0.29) is 6.10 Å². The number of hydrogen-bond donors (Lipinski definition) is 1. The van der Waals surface area contributed by atoms with E-state index >= 15 is 0 Å². The Morgan fingerprint density at radius 2 is 2.44 bits per heavy atom. The van der Waals surface area contributed by atoms with Gasteiger partial charge in [0, 0.05) is 24.7 Å². The van der Waals surface area contributed by atoms with Gasteiger partial charge in [0.15, 0.2) is 0 Å². The maximum Gasteiger partial charge on any atom is 0.214 e. The molecule has 1 fully saturated rings. The summed E-state index contributed by atoms with van der Waals surface area (Å²) in [6, 6.07) is 4.05. The van der Waals surface area contributed by atoms with E-state index in [1.807, 2.05) is 20.0 Å². The second-order valence-electron chi connectivity index (χ2n) is 4.09.